The summed E-state index contributed by atoms with van der Waals surface area (Å²) in [6.07, 6.45) is 0. The van der Waals surface area contributed by atoms with Crippen LogP contribution in [0, 0.1) is 11.3 Å². The maximum atomic E-state index is 10.1. The summed E-state index contributed by atoms with van der Waals surface area (Å²) in [5.41, 5.74) is 8.89. The first kappa shape index (κ1) is 20.1. The lowest BCUT2D eigenvalue weighted by Crippen LogP contribution is -2.21. The highest BCUT2D eigenvalue weighted by atomic mass is 79.9. The number of nitrogens with one attached hydrogen (secondary N) is 1. The molecule has 4 N–H and O–H groups in total. The number of hydrogen-bond donors (Lipinski definition) is 3. The van der Waals surface area contributed by atoms with Crippen LogP contribution in [0.4, 0.5) is 0 Å². The Morgan fingerprint density at radius 2 is 1.86 bits per heavy atom. The van der Waals surface area contributed by atoms with Crippen LogP contribution in [-0.2, 0) is 0 Å². The minimum atomic E-state index is -0.583. The van der Waals surface area contributed by atoms with Crippen molar-refractivity contribution in [2.75, 3.05) is 0 Å². The van der Waals surface area contributed by atoms with Gasteiger partial charge in [-0.15, -0.1) is 5.10 Å². The number of rotatable bonds is 2. The quantitative estimate of drug-likeness (QED) is 0.368. The van der Waals surface area contributed by atoms with E-state index in [0.29, 0.717) is 35.8 Å². The van der Waals surface area contributed by atoms with E-state index in [9.17, 15) is 10.4 Å². The number of fused-ring (bicyclic) bond motifs is 1. The fourth-order valence-electron chi connectivity index (χ4n) is 3.20. The molecule has 1 atom stereocenters. The lowest BCUT2D eigenvalue weighted by atomic mass is 9.83. The van der Waals surface area contributed by atoms with Gasteiger partial charge >= 0.3 is 0 Å². The van der Waals surface area contributed by atoms with E-state index in [4.69, 9.17) is 33.7 Å². The molecule has 0 spiro atoms. The highest BCUT2D eigenvalue weighted by Gasteiger charge is 2.36. The number of H-pyrrole nitrogens is 1. The van der Waals surface area contributed by atoms with Gasteiger partial charge < -0.3 is 15.6 Å². The summed E-state index contributed by atoms with van der Waals surface area (Å²) in [6.45, 7) is 0. The van der Waals surface area contributed by atoms with E-state index in [2.05, 4.69) is 48.1 Å². The van der Waals surface area contributed by atoms with Gasteiger partial charge in [0.1, 0.15) is 17.4 Å². The van der Waals surface area contributed by atoms with E-state index in [1.54, 1.807) is 30.3 Å². The molecule has 0 bridgehead atoms. The average molecular weight is 557 g/mol. The molecular weight excluding hydrogens is 547 g/mol. The Bertz CT molecular complexity index is 1210. The van der Waals surface area contributed by atoms with E-state index in [0.717, 1.165) is 5.56 Å². The number of aromatic hydroxyl groups is 1. The van der Waals surface area contributed by atoms with Crippen LogP contribution in [0.2, 0.25) is 10.0 Å². The Labute approximate surface area is 192 Å². The van der Waals surface area contributed by atoms with Crippen molar-refractivity contribution in [2.24, 2.45) is 5.73 Å². The largest absolute Gasteiger partial charge is 0.506 e. The van der Waals surface area contributed by atoms with Crippen molar-refractivity contribution in [3.63, 3.8) is 0 Å². The molecule has 0 radical (unpaired) electrons. The second kappa shape index (κ2) is 7.58. The van der Waals surface area contributed by atoms with Crippen molar-refractivity contribution in [3.05, 3.63) is 71.9 Å². The second-order valence-electron chi connectivity index (χ2n) is 6.20. The molecule has 0 fully saturated rings. The Morgan fingerprint density at radius 1 is 1.17 bits per heavy atom. The maximum absolute atomic E-state index is 10.1. The number of hydrogen-bond acceptors (Lipinski definition) is 5. The molecule has 10 heteroatoms. The number of nitriles is 1. The Morgan fingerprint density at radius 3 is 2.48 bits per heavy atom. The van der Waals surface area contributed by atoms with Crippen molar-refractivity contribution in [1.82, 2.24) is 10.2 Å². The fourth-order valence-corrected chi connectivity index (χ4v) is 4.72. The molecule has 0 saturated carbocycles. The molecule has 0 aliphatic carbocycles. The summed E-state index contributed by atoms with van der Waals surface area (Å²) in [5, 5.41) is 27.8. The number of nitrogens with zero attached hydrogens (tertiary/aromatic N) is 2. The minimum absolute atomic E-state index is 0.0301. The molecule has 1 aliphatic rings. The number of allylic oxidation sites excluding steroid dienone is 1. The van der Waals surface area contributed by atoms with Gasteiger partial charge in [0.05, 0.1) is 36.2 Å². The molecule has 0 amide bonds. The molecule has 4 rings (SSSR count). The molecular formula is C19H10Br2Cl2N4O2. The number of nitrogens with two attached hydrogens (primary N) is 1. The lowest BCUT2D eigenvalue weighted by Gasteiger charge is -2.24. The van der Waals surface area contributed by atoms with Crippen LogP contribution in [0.3, 0.4) is 0 Å². The Balaban J connectivity index is 1.98. The summed E-state index contributed by atoms with van der Waals surface area (Å²) in [5.74, 6) is -0.307. The third kappa shape index (κ3) is 3.38. The number of aromatic amines is 1. The van der Waals surface area contributed by atoms with Crippen molar-refractivity contribution in [2.45, 2.75) is 5.92 Å². The zero-order chi connectivity index (χ0) is 20.9. The number of aromatic nitrogens is 2. The van der Waals surface area contributed by atoms with E-state index < -0.39 is 5.92 Å². The molecule has 3 aromatic rings. The Hall–Kier alpha value is -2.18. The number of benzene rings is 2. The van der Waals surface area contributed by atoms with Crippen LogP contribution in [0.15, 0.2) is 50.7 Å². The highest BCUT2D eigenvalue weighted by Crippen LogP contribution is 2.48. The highest BCUT2D eigenvalue weighted by molar-refractivity contribution is 9.11. The molecule has 146 valence electrons. The molecule has 29 heavy (non-hydrogen) atoms. The lowest BCUT2D eigenvalue weighted by molar-refractivity contribution is 0.379. The van der Waals surface area contributed by atoms with Crippen LogP contribution in [0.5, 0.6) is 11.6 Å². The van der Waals surface area contributed by atoms with Gasteiger partial charge in [-0.1, -0.05) is 29.3 Å². The van der Waals surface area contributed by atoms with Crippen LogP contribution >= 0.6 is 55.1 Å². The van der Waals surface area contributed by atoms with Gasteiger partial charge in [0.15, 0.2) is 0 Å². The van der Waals surface area contributed by atoms with Crippen LogP contribution in [0.25, 0.3) is 11.3 Å². The van der Waals surface area contributed by atoms with E-state index in [1.165, 1.54) is 0 Å². The summed E-state index contributed by atoms with van der Waals surface area (Å²) in [7, 11) is 0. The van der Waals surface area contributed by atoms with Gasteiger partial charge in [-0.3, -0.25) is 5.10 Å². The molecule has 0 unspecified atom stereocenters. The Kier molecular flexibility index (Phi) is 5.25. The van der Waals surface area contributed by atoms with E-state index in [1.807, 2.05) is 0 Å². The van der Waals surface area contributed by atoms with Gasteiger partial charge in [0.2, 0.25) is 11.8 Å². The monoisotopic (exact) mass is 554 g/mol. The molecule has 1 aromatic heterocycles. The molecule has 2 aromatic carbocycles. The third-order valence-corrected chi connectivity index (χ3v) is 6.47. The van der Waals surface area contributed by atoms with E-state index in [-0.39, 0.29) is 23.1 Å². The van der Waals surface area contributed by atoms with Crippen LogP contribution < -0.4 is 10.5 Å². The molecule has 0 saturated heterocycles. The van der Waals surface area contributed by atoms with Crippen molar-refractivity contribution < 1.29 is 9.84 Å². The standard InChI is InChI=1S/C19H10Br2Cl2N4O2/c20-10-3-8(4-11(21)17(10)28)14-9(6-24)18(25)29-19-15(14)16(26-27-19)7-1-2-12(22)13(23)5-7/h1-5,14,28H,25H2,(H,26,27)/t14-/m1/s1. The van der Waals surface area contributed by atoms with Gasteiger partial charge in [0.25, 0.3) is 0 Å². The smallest absolute Gasteiger partial charge is 0.244 e. The van der Waals surface area contributed by atoms with E-state index >= 15 is 0 Å². The number of phenols is 1. The molecule has 2 heterocycles. The third-order valence-electron chi connectivity index (χ3n) is 4.52. The van der Waals surface area contributed by atoms with Gasteiger partial charge in [-0.2, -0.15) is 5.26 Å². The first-order valence-corrected chi connectivity index (χ1v) is 10.4. The second-order valence-corrected chi connectivity index (χ2v) is 8.73. The van der Waals surface area contributed by atoms with Gasteiger partial charge in [-0.05, 0) is 61.7 Å². The predicted molar refractivity (Wildman–Crippen MR) is 117 cm³/mol. The normalized spacial score (nSPS) is 15.6. The zero-order valence-corrected chi connectivity index (χ0v) is 19.0. The van der Waals surface area contributed by atoms with Gasteiger partial charge in [-0.25, -0.2) is 0 Å². The maximum Gasteiger partial charge on any atom is 0.244 e. The first-order valence-electron chi connectivity index (χ1n) is 8.11. The summed E-state index contributed by atoms with van der Waals surface area (Å²) < 4.78 is 6.51. The minimum Gasteiger partial charge on any atom is -0.506 e. The summed E-state index contributed by atoms with van der Waals surface area (Å²) in [4.78, 5) is 0. The number of halogens is 4. The SMILES string of the molecule is N#CC1=C(N)Oc2n[nH]c(-c3ccc(Cl)c(Cl)c3)c2[C@@H]1c1cc(Br)c(O)c(Br)c1. The van der Waals surface area contributed by atoms with Gasteiger partial charge in [0, 0.05) is 5.56 Å². The van der Waals surface area contributed by atoms with Crippen LogP contribution in [0.1, 0.15) is 17.0 Å². The molecule has 6 nitrogen and oxygen atoms in total. The topological polar surface area (TPSA) is 108 Å². The molecule has 1 aliphatic heterocycles. The summed E-state index contributed by atoms with van der Waals surface area (Å²) >= 11 is 18.9. The predicted octanol–water partition coefficient (Wildman–Crippen LogP) is 5.83. The van der Waals surface area contributed by atoms with Crippen molar-refractivity contribution in [3.8, 4) is 29.0 Å². The van der Waals surface area contributed by atoms with Crippen LogP contribution in [-0.4, -0.2) is 15.3 Å². The average Bonchev–Trinajstić information content (AvgIpc) is 3.10. The summed E-state index contributed by atoms with van der Waals surface area (Å²) in [6, 6.07) is 10.7. The fraction of sp³-hybridized carbons (Fsp3) is 0.0526. The zero-order valence-electron chi connectivity index (χ0n) is 14.3. The number of ether oxygens (including phenoxy) is 1. The number of phenolic OH excluding ortho intramolecular Hbond substituents is 1. The van der Waals surface area contributed by atoms with Crippen molar-refractivity contribution >= 4 is 55.1 Å². The first-order chi connectivity index (χ1) is 13.8. The van der Waals surface area contributed by atoms with Crippen molar-refractivity contribution in [1.29, 1.82) is 5.26 Å².